The standard InChI is InChI=1S/C11H11ClN2O2/c1-8(15)13-5-3-4-9-6-10(12)7-14-11(9)16-2/h6-7H,5H2,1-2H3,(H,13,15). The number of amides is 1. The molecule has 1 aromatic rings. The van der Waals surface area contributed by atoms with Crippen molar-refractivity contribution >= 4 is 17.5 Å². The number of aromatic nitrogens is 1. The first-order chi connectivity index (χ1) is 7.63. The number of ether oxygens (including phenoxy) is 1. The van der Waals surface area contributed by atoms with Crippen molar-refractivity contribution in [2.75, 3.05) is 13.7 Å². The fourth-order valence-corrected chi connectivity index (χ4v) is 1.14. The van der Waals surface area contributed by atoms with Gasteiger partial charge in [-0.15, -0.1) is 0 Å². The zero-order chi connectivity index (χ0) is 12.0. The van der Waals surface area contributed by atoms with Crippen LogP contribution in [-0.2, 0) is 4.79 Å². The van der Waals surface area contributed by atoms with Gasteiger partial charge in [0, 0.05) is 13.1 Å². The van der Waals surface area contributed by atoms with Crippen molar-refractivity contribution in [2.45, 2.75) is 6.92 Å². The van der Waals surface area contributed by atoms with Gasteiger partial charge >= 0.3 is 0 Å². The van der Waals surface area contributed by atoms with Gasteiger partial charge in [-0.3, -0.25) is 4.79 Å². The van der Waals surface area contributed by atoms with E-state index in [1.54, 1.807) is 6.07 Å². The van der Waals surface area contributed by atoms with E-state index in [1.807, 2.05) is 0 Å². The molecule has 0 spiro atoms. The third-order valence-corrected chi connectivity index (χ3v) is 1.87. The first-order valence-corrected chi connectivity index (χ1v) is 4.94. The Kier molecular flexibility index (Phi) is 4.62. The first kappa shape index (κ1) is 12.3. The first-order valence-electron chi connectivity index (χ1n) is 4.56. The van der Waals surface area contributed by atoms with Gasteiger partial charge in [-0.1, -0.05) is 23.4 Å². The highest BCUT2D eigenvalue weighted by Gasteiger charge is 2.01. The van der Waals surface area contributed by atoms with Crippen molar-refractivity contribution < 1.29 is 9.53 Å². The summed E-state index contributed by atoms with van der Waals surface area (Å²) in [6.45, 7) is 1.72. The van der Waals surface area contributed by atoms with Gasteiger partial charge in [-0.05, 0) is 6.07 Å². The summed E-state index contributed by atoms with van der Waals surface area (Å²) in [4.78, 5) is 14.6. The van der Waals surface area contributed by atoms with Crippen LogP contribution in [-0.4, -0.2) is 24.5 Å². The molecule has 0 unspecified atom stereocenters. The molecule has 0 saturated heterocycles. The van der Waals surface area contributed by atoms with E-state index in [0.29, 0.717) is 16.5 Å². The van der Waals surface area contributed by atoms with Crippen molar-refractivity contribution in [3.8, 4) is 17.7 Å². The normalized spacial score (nSPS) is 8.94. The molecule has 0 bridgehead atoms. The average Bonchev–Trinajstić information content (AvgIpc) is 2.24. The quantitative estimate of drug-likeness (QED) is 0.789. The summed E-state index contributed by atoms with van der Waals surface area (Å²) in [7, 11) is 1.51. The number of nitrogens with one attached hydrogen (secondary N) is 1. The molecule has 0 aliphatic heterocycles. The molecule has 0 aliphatic carbocycles. The molecule has 84 valence electrons. The topological polar surface area (TPSA) is 51.2 Å². The Bertz CT molecular complexity index is 449. The molecule has 0 saturated carbocycles. The van der Waals surface area contributed by atoms with Gasteiger partial charge < -0.3 is 10.1 Å². The summed E-state index contributed by atoms with van der Waals surface area (Å²) in [6, 6.07) is 1.66. The number of halogens is 1. The highest BCUT2D eigenvalue weighted by Crippen LogP contribution is 2.17. The summed E-state index contributed by atoms with van der Waals surface area (Å²) in [6.07, 6.45) is 1.49. The predicted molar refractivity (Wildman–Crippen MR) is 61.4 cm³/mol. The summed E-state index contributed by atoms with van der Waals surface area (Å²) < 4.78 is 5.02. The Morgan fingerprint density at radius 3 is 3.06 bits per heavy atom. The molecule has 0 aliphatic rings. The highest BCUT2D eigenvalue weighted by molar-refractivity contribution is 6.30. The number of carbonyl (C=O) groups is 1. The molecular formula is C11H11ClN2O2. The smallest absolute Gasteiger partial charge is 0.229 e. The van der Waals surface area contributed by atoms with Gasteiger partial charge in [0.1, 0.15) is 0 Å². The number of rotatable bonds is 2. The maximum absolute atomic E-state index is 10.6. The van der Waals surface area contributed by atoms with Gasteiger partial charge in [0.2, 0.25) is 11.8 Å². The lowest BCUT2D eigenvalue weighted by atomic mass is 10.3. The number of methoxy groups -OCH3 is 1. The Balaban J connectivity index is 2.78. The lowest BCUT2D eigenvalue weighted by Crippen LogP contribution is -2.19. The van der Waals surface area contributed by atoms with Crippen molar-refractivity contribution in [3.05, 3.63) is 22.8 Å². The fourth-order valence-electron chi connectivity index (χ4n) is 0.987. The highest BCUT2D eigenvalue weighted by atomic mass is 35.5. The lowest BCUT2D eigenvalue weighted by molar-refractivity contribution is -0.118. The second-order valence-electron chi connectivity index (χ2n) is 2.92. The Morgan fingerprint density at radius 1 is 1.69 bits per heavy atom. The van der Waals surface area contributed by atoms with E-state index in [9.17, 15) is 4.79 Å². The minimum absolute atomic E-state index is 0.120. The molecule has 0 radical (unpaired) electrons. The number of carbonyl (C=O) groups excluding carboxylic acids is 1. The molecule has 4 nitrogen and oxygen atoms in total. The van der Waals surface area contributed by atoms with Crippen LogP contribution >= 0.6 is 11.6 Å². The van der Waals surface area contributed by atoms with E-state index in [0.717, 1.165) is 0 Å². The van der Waals surface area contributed by atoms with E-state index >= 15 is 0 Å². The number of pyridine rings is 1. The third kappa shape index (κ3) is 3.79. The van der Waals surface area contributed by atoms with Crippen LogP contribution < -0.4 is 10.1 Å². The average molecular weight is 239 g/mol. The third-order valence-electron chi connectivity index (χ3n) is 1.66. The van der Waals surface area contributed by atoms with E-state index in [4.69, 9.17) is 16.3 Å². The van der Waals surface area contributed by atoms with Crippen LogP contribution in [0, 0.1) is 11.8 Å². The van der Waals surface area contributed by atoms with Gasteiger partial charge in [-0.25, -0.2) is 4.98 Å². The summed E-state index contributed by atoms with van der Waals surface area (Å²) in [5.74, 6) is 5.89. The van der Waals surface area contributed by atoms with Crippen LogP contribution in [0.3, 0.4) is 0 Å². The molecule has 1 rings (SSSR count). The maximum atomic E-state index is 10.6. The molecular weight excluding hydrogens is 228 g/mol. The molecule has 0 fully saturated rings. The van der Waals surface area contributed by atoms with E-state index in [1.165, 1.54) is 20.2 Å². The number of hydrogen-bond acceptors (Lipinski definition) is 3. The van der Waals surface area contributed by atoms with Crippen molar-refractivity contribution in [2.24, 2.45) is 0 Å². The molecule has 1 N–H and O–H groups in total. The Labute approximate surface area is 99.0 Å². The van der Waals surface area contributed by atoms with Gasteiger partial charge in [-0.2, -0.15) is 0 Å². The summed E-state index contributed by atoms with van der Waals surface area (Å²) in [5.41, 5.74) is 0.598. The number of nitrogens with zero attached hydrogens (tertiary/aromatic N) is 1. The van der Waals surface area contributed by atoms with Crippen molar-refractivity contribution in [3.63, 3.8) is 0 Å². The van der Waals surface area contributed by atoms with E-state index in [-0.39, 0.29) is 12.5 Å². The molecule has 0 aromatic carbocycles. The van der Waals surface area contributed by atoms with Gasteiger partial charge in [0.25, 0.3) is 0 Å². The Hall–Kier alpha value is -1.73. The van der Waals surface area contributed by atoms with Crippen molar-refractivity contribution in [1.82, 2.24) is 10.3 Å². The lowest BCUT2D eigenvalue weighted by Gasteiger charge is -2.01. The van der Waals surface area contributed by atoms with Crippen LogP contribution in [0.25, 0.3) is 0 Å². The molecule has 5 heteroatoms. The van der Waals surface area contributed by atoms with Crippen LogP contribution in [0.1, 0.15) is 12.5 Å². The molecule has 1 amide bonds. The second-order valence-corrected chi connectivity index (χ2v) is 3.36. The second kappa shape index (κ2) is 5.99. The van der Waals surface area contributed by atoms with E-state index < -0.39 is 0 Å². The fraction of sp³-hybridized carbons (Fsp3) is 0.273. The van der Waals surface area contributed by atoms with E-state index in [2.05, 4.69) is 22.1 Å². The zero-order valence-electron chi connectivity index (χ0n) is 9.00. The molecule has 0 atom stereocenters. The van der Waals surface area contributed by atoms with Crippen LogP contribution in [0.5, 0.6) is 5.88 Å². The monoisotopic (exact) mass is 238 g/mol. The van der Waals surface area contributed by atoms with Crippen LogP contribution in [0.4, 0.5) is 0 Å². The van der Waals surface area contributed by atoms with Gasteiger partial charge in [0.05, 0.1) is 24.2 Å². The summed E-state index contributed by atoms with van der Waals surface area (Å²) >= 11 is 5.78. The zero-order valence-corrected chi connectivity index (χ0v) is 9.76. The molecule has 1 aromatic heterocycles. The SMILES string of the molecule is COc1ncc(Cl)cc1C#CCNC(C)=O. The number of hydrogen-bond donors (Lipinski definition) is 1. The largest absolute Gasteiger partial charge is 0.480 e. The summed E-state index contributed by atoms with van der Waals surface area (Å²) in [5, 5.41) is 3.05. The minimum Gasteiger partial charge on any atom is -0.480 e. The predicted octanol–water partition coefficient (Wildman–Crippen LogP) is 1.23. The maximum Gasteiger partial charge on any atom is 0.229 e. The van der Waals surface area contributed by atoms with Gasteiger partial charge in [0.15, 0.2) is 0 Å². The van der Waals surface area contributed by atoms with Crippen LogP contribution in [0.15, 0.2) is 12.3 Å². The van der Waals surface area contributed by atoms with Crippen molar-refractivity contribution in [1.29, 1.82) is 0 Å². The molecule has 1 heterocycles. The van der Waals surface area contributed by atoms with Crippen LogP contribution in [0.2, 0.25) is 5.02 Å². The molecule has 16 heavy (non-hydrogen) atoms. The Morgan fingerprint density at radius 2 is 2.44 bits per heavy atom. The minimum atomic E-state index is -0.120.